The van der Waals surface area contributed by atoms with E-state index in [1.807, 2.05) is 0 Å². The number of benzene rings is 3. The van der Waals surface area contributed by atoms with Crippen LogP contribution in [0.4, 0.5) is 23.3 Å². The molecule has 0 aliphatic heterocycles. The van der Waals surface area contributed by atoms with Crippen molar-refractivity contribution >= 4 is 63.6 Å². The molecule has 0 fully saturated rings. The van der Waals surface area contributed by atoms with E-state index in [1.54, 1.807) is 0 Å². The van der Waals surface area contributed by atoms with Crippen LogP contribution in [-0.2, 0) is 33.8 Å². The van der Waals surface area contributed by atoms with Crippen molar-refractivity contribution in [1.82, 2.24) is 24.8 Å². The second kappa shape index (κ2) is 17.2. The van der Waals surface area contributed by atoms with Crippen LogP contribution >= 0.6 is 11.6 Å². The van der Waals surface area contributed by atoms with Crippen LogP contribution in [0.5, 0.6) is 0 Å². The quantitative estimate of drug-likeness (QED) is 0.0960. The topological polar surface area (TPSA) is 125 Å². The standard InChI is InChI=1S/C41H51ClN8O3SSi/c1-41(2,3)55(34-13-9-7-10-14-34,35-15-11-8-12-16-35)53-26-25-49(4)33-21-18-30-17-20-32(27-31(30)19-22-33)47-40-46-28-36(42)38(48-40)45-29-37-39(44-24-23-43-37)50(5)54(6,51)52/h7-17,20,23-24,27-28,33H,18-19,21-22,25-26,29H2,1-6H3,(H2,45,46,47,48). The molecule has 2 aromatic heterocycles. The van der Waals surface area contributed by atoms with Crippen LogP contribution in [0.3, 0.4) is 0 Å². The Labute approximate surface area is 331 Å². The van der Waals surface area contributed by atoms with Gasteiger partial charge in [-0.2, -0.15) is 4.98 Å². The maximum absolute atomic E-state index is 12.1. The predicted molar refractivity (Wildman–Crippen MR) is 226 cm³/mol. The SMILES string of the molecule is CN(CCO[Si](c1ccccc1)(c1ccccc1)C(C)(C)C)C1CCc2ccc(Nc3ncc(Cl)c(NCc4nccnc4N(C)S(C)(=O)=O)n3)cc2CC1. The fraction of sp³-hybridized carbons (Fsp3) is 0.366. The summed E-state index contributed by atoms with van der Waals surface area (Å²) in [7, 11) is -2.44. The molecule has 1 unspecified atom stereocenters. The molecular weight excluding hydrogens is 748 g/mol. The average Bonchev–Trinajstić information content (AvgIpc) is 3.39. The van der Waals surface area contributed by atoms with E-state index in [-0.39, 0.29) is 17.4 Å². The Morgan fingerprint density at radius 1 is 0.891 bits per heavy atom. The second-order valence-electron chi connectivity index (χ2n) is 15.1. The highest BCUT2D eigenvalue weighted by Crippen LogP contribution is 2.37. The van der Waals surface area contributed by atoms with Gasteiger partial charge >= 0.3 is 0 Å². The van der Waals surface area contributed by atoms with E-state index in [0.29, 0.717) is 35.1 Å². The number of halogens is 1. The molecule has 3 aromatic carbocycles. The van der Waals surface area contributed by atoms with Gasteiger partial charge in [0.25, 0.3) is 8.32 Å². The van der Waals surface area contributed by atoms with Crippen LogP contribution in [-0.4, -0.2) is 81.1 Å². The van der Waals surface area contributed by atoms with Gasteiger partial charge in [0.1, 0.15) is 10.7 Å². The van der Waals surface area contributed by atoms with Gasteiger partial charge in [-0.25, -0.2) is 18.4 Å². The number of aryl methyl sites for hydroxylation is 2. The summed E-state index contributed by atoms with van der Waals surface area (Å²) in [5.74, 6) is 0.993. The first kappa shape index (κ1) is 40.3. The minimum atomic E-state index is -3.52. The number of nitrogens with one attached hydrogen (secondary N) is 2. The largest absolute Gasteiger partial charge is 0.406 e. The Bertz CT molecular complexity index is 2130. The number of likely N-dealkylation sites (N-methyl/N-ethyl adjacent to an activating group) is 1. The minimum absolute atomic E-state index is 0.0562. The molecular formula is C41H51ClN8O3SSi. The number of rotatable bonds is 14. The van der Waals surface area contributed by atoms with Gasteiger partial charge in [-0.3, -0.25) is 9.29 Å². The number of nitrogens with zero attached hydrogens (tertiary/aromatic N) is 6. The lowest BCUT2D eigenvalue weighted by Gasteiger charge is -2.43. The van der Waals surface area contributed by atoms with Gasteiger partial charge in [-0.1, -0.05) is 99.1 Å². The van der Waals surface area contributed by atoms with Crippen LogP contribution in [0.25, 0.3) is 0 Å². The zero-order chi connectivity index (χ0) is 39.2. The van der Waals surface area contributed by atoms with Crippen LogP contribution in [0, 0.1) is 0 Å². The van der Waals surface area contributed by atoms with E-state index in [0.717, 1.165) is 48.5 Å². The molecule has 1 atom stereocenters. The lowest BCUT2D eigenvalue weighted by molar-refractivity contribution is 0.174. The average molecular weight is 800 g/mol. The Hall–Kier alpha value is -4.40. The normalized spacial score (nSPS) is 14.9. The molecule has 0 saturated carbocycles. The molecule has 11 nitrogen and oxygen atoms in total. The molecule has 55 heavy (non-hydrogen) atoms. The molecule has 1 aliphatic carbocycles. The summed E-state index contributed by atoms with van der Waals surface area (Å²) in [6, 6.07) is 28.6. The van der Waals surface area contributed by atoms with E-state index >= 15 is 0 Å². The third-order valence-corrected chi connectivity index (χ3v) is 17.0. The molecule has 0 radical (unpaired) electrons. The van der Waals surface area contributed by atoms with Crippen molar-refractivity contribution in [3.63, 3.8) is 0 Å². The Balaban J connectivity index is 1.09. The lowest BCUT2D eigenvalue weighted by Crippen LogP contribution is -2.67. The van der Waals surface area contributed by atoms with Gasteiger partial charge in [-0.05, 0) is 71.4 Å². The zero-order valence-electron chi connectivity index (χ0n) is 32.5. The Morgan fingerprint density at radius 2 is 1.53 bits per heavy atom. The molecule has 0 spiro atoms. The van der Waals surface area contributed by atoms with Gasteiger partial charge in [0.15, 0.2) is 11.6 Å². The Kier molecular flexibility index (Phi) is 12.6. The molecule has 2 heterocycles. The Morgan fingerprint density at radius 3 is 2.16 bits per heavy atom. The molecule has 290 valence electrons. The maximum Gasteiger partial charge on any atom is 0.261 e. The maximum atomic E-state index is 12.1. The van der Waals surface area contributed by atoms with E-state index in [9.17, 15) is 8.42 Å². The summed E-state index contributed by atoms with van der Waals surface area (Å²) >= 11 is 6.45. The third kappa shape index (κ3) is 9.35. The van der Waals surface area contributed by atoms with Crippen molar-refractivity contribution in [3.8, 4) is 0 Å². The van der Waals surface area contributed by atoms with Gasteiger partial charge in [0.2, 0.25) is 16.0 Å². The molecule has 5 aromatic rings. The van der Waals surface area contributed by atoms with Crippen LogP contribution in [0.1, 0.15) is 50.4 Å². The number of anilines is 4. The van der Waals surface area contributed by atoms with Crippen molar-refractivity contribution in [2.75, 3.05) is 48.4 Å². The number of hydrogen-bond donors (Lipinski definition) is 2. The summed E-state index contributed by atoms with van der Waals surface area (Å²) in [6.45, 7) is 8.64. The van der Waals surface area contributed by atoms with Crippen LogP contribution in [0.2, 0.25) is 10.1 Å². The molecule has 14 heteroatoms. The smallest absolute Gasteiger partial charge is 0.261 e. The van der Waals surface area contributed by atoms with Crippen molar-refractivity contribution < 1.29 is 12.8 Å². The first-order valence-corrected chi connectivity index (χ1v) is 22.7. The third-order valence-electron chi connectivity index (χ3n) is 10.5. The van der Waals surface area contributed by atoms with Crippen LogP contribution < -0.4 is 25.3 Å². The van der Waals surface area contributed by atoms with Gasteiger partial charge < -0.3 is 20.0 Å². The minimum Gasteiger partial charge on any atom is -0.406 e. The highest BCUT2D eigenvalue weighted by atomic mass is 35.5. The van der Waals surface area contributed by atoms with E-state index in [2.05, 4.69) is 142 Å². The van der Waals surface area contributed by atoms with Crippen molar-refractivity contribution in [1.29, 1.82) is 0 Å². The molecule has 0 bridgehead atoms. The molecule has 1 aliphatic rings. The van der Waals surface area contributed by atoms with Crippen molar-refractivity contribution in [2.24, 2.45) is 0 Å². The van der Waals surface area contributed by atoms with Gasteiger partial charge in [0, 0.05) is 44.3 Å². The molecule has 6 rings (SSSR count). The van der Waals surface area contributed by atoms with E-state index in [4.69, 9.17) is 16.0 Å². The molecule has 0 amide bonds. The van der Waals surface area contributed by atoms with E-state index in [1.165, 1.54) is 47.1 Å². The van der Waals surface area contributed by atoms with Gasteiger partial charge in [0.05, 0.1) is 19.0 Å². The summed E-state index contributed by atoms with van der Waals surface area (Å²) in [6.07, 6.45) is 9.71. The predicted octanol–water partition coefficient (Wildman–Crippen LogP) is 6.43. The first-order valence-electron chi connectivity index (χ1n) is 18.6. The summed E-state index contributed by atoms with van der Waals surface area (Å²) in [5, 5.41) is 9.38. The van der Waals surface area contributed by atoms with Crippen molar-refractivity contribution in [2.45, 2.75) is 64.1 Å². The van der Waals surface area contributed by atoms with Crippen LogP contribution in [0.15, 0.2) is 97.5 Å². The molecule has 0 saturated heterocycles. The number of hydrogen-bond acceptors (Lipinski definition) is 10. The summed E-state index contributed by atoms with van der Waals surface area (Å²) in [5.41, 5.74) is 4.01. The second-order valence-corrected chi connectivity index (χ2v) is 21.9. The fourth-order valence-electron chi connectivity index (χ4n) is 7.45. The molecule has 2 N–H and O–H groups in total. The van der Waals surface area contributed by atoms with Crippen molar-refractivity contribution in [3.05, 3.63) is 119 Å². The van der Waals surface area contributed by atoms with Gasteiger partial charge in [-0.15, -0.1) is 0 Å². The highest BCUT2D eigenvalue weighted by molar-refractivity contribution is 7.92. The number of aromatic nitrogens is 4. The first-order chi connectivity index (χ1) is 26.3. The fourth-order valence-corrected chi connectivity index (χ4v) is 12.6. The van der Waals surface area contributed by atoms with E-state index < -0.39 is 18.3 Å². The number of fused-ring (bicyclic) bond motifs is 1. The lowest BCUT2D eigenvalue weighted by atomic mass is 10.0. The monoisotopic (exact) mass is 798 g/mol. The number of sulfonamides is 1. The zero-order valence-corrected chi connectivity index (χ0v) is 35.0. The summed E-state index contributed by atoms with van der Waals surface area (Å²) < 4.78 is 32.6. The summed E-state index contributed by atoms with van der Waals surface area (Å²) in [4.78, 5) is 20.1. The highest BCUT2D eigenvalue weighted by Gasteiger charge is 2.50.